The van der Waals surface area contributed by atoms with Gasteiger partial charge in [0.2, 0.25) is 0 Å². The molecule has 6 nitrogen and oxygen atoms in total. The minimum Gasteiger partial charge on any atom is -0.494 e. The molecule has 0 fully saturated rings. The highest BCUT2D eigenvalue weighted by Gasteiger charge is 2.34. The van der Waals surface area contributed by atoms with E-state index in [-0.39, 0.29) is 5.88 Å². The molecule has 3 aromatic heterocycles. The first-order valence-electron chi connectivity index (χ1n) is 6.71. The van der Waals surface area contributed by atoms with E-state index in [0.29, 0.717) is 42.0 Å². The number of fused-ring (bicyclic) bond motifs is 1. The fraction of sp³-hybridized carbons (Fsp3) is 0. The molecule has 1 aliphatic rings. The molecule has 0 aromatic carbocycles. The Labute approximate surface area is 143 Å². The zero-order valence-electron chi connectivity index (χ0n) is 11.8. The normalized spacial score (nSPS) is 12.6. The summed E-state index contributed by atoms with van der Waals surface area (Å²) >= 11 is 2.43. The van der Waals surface area contributed by atoms with Gasteiger partial charge in [-0.05, 0) is 24.3 Å². The molecule has 4 rings (SSSR count). The maximum Gasteiger partial charge on any atom is 0.280 e. The minimum absolute atomic E-state index is 0.150. The number of aromatic nitrogens is 1. The number of nitrogens with zero attached hydrogens (tertiary/aromatic N) is 3. The van der Waals surface area contributed by atoms with Crippen LogP contribution in [0.1, 0.15) is 30.6 Å². The Morgan fingerprint density at radius 1 is 1.00 bits per heavy atom. The molecule has 1 aliphatic heterocycles. The Kier molecular flexibility index (Phi) is 3.10. The van der Waals surface area contributed by atoms with Crippen molar-refractivity contribution in [2.24, 2.45) is 4.99 Å². The van der Waals surface area contributed by atoms with Crippen LogP contribution in [-0.4, -0.2) is 21.7 Å². The number of rotatable bonds is 2. The first-order valence-corrected chi connectivity index (χ1v) is 8.34. The number of aromatic amines is 1. The average molecular weight is 350 g/mol. The summed E-state index contributed by atoms with van der Waals surface area (Å²) in [7, 11) is 0. The third kappa shape index (κ3) is 1.98. The van der Waals surface area contributed by atoms with Crippen LogP contribution in [0.3, 0.4) is 0 Å². The van der Waals surface area contributed by atoms with Gasteiger partial charge in [-0.15, -0.1) is 22.7 Å². The van der Waals surface area contributed by atoms with Crippen molar-refractivity contribution in [3.63, 3.8) is 0 Å². The third-order valence-corrected chi connectivity index (χ3v) is 5.56. The van der Waals surface area contributed by atoms with E-state index >= 15 is 0 Å². The van der Waals surface area contributed by atoms with Crippen LogP contribution in [0.25, 0.3) is 10.6 Å². The van der Waals surface area contributed by atoms with E-state index in [2.05, 4.69) is 9.98 Å². The van der Waals surface area contributed by atoms with Crippen LogP contribution >= 0.6 is 22.7 Å². The molecule has 8 heteroatoms. The van der Waals surface area contributed by atoms with Crippen LogP contribution < -0.4 is 0 Å². The van der Waals surface area contributed by atoms with Crippen molar-refractivity contribution in [2.45, 2.75) is 0 Å². The van der Waals surface area contributed by atoms with Crippen LogP contribution in [0.5, 0.6) is 5.88 Å². The second kappa shape index (κ2) is 5.17. The standard InChI is InChI=1S/C16H6N4O2S2/c17-5-7-1-3-9(23-7)13-11-12(16(22)19-13)14(20-15(11)21)10-4-2-8(6-18)24-10/h1-4,19,22H. The van der Waals surface area contributed by atoms with Crippen molar-refractivity contribution >= 4 is 34.3 Å². The van der Waals surface area contributed by atoms with E-state index in [0.717, 1.165) is 0 Å². The van der Waals surface area contributed by atoms with E-state index in [1.165, 1.54) is 22.7 Å². The van der Waals surface area contributed by atoms with Gasteiger partial charge >= 0.3 is 0 Å². The van der Waals surface area contributed by atoms with Crippen molar-refractivity contribution in [3.05, 3.63) is 50.0 Å². The number of thiophene rings is 2. The van der Waals surface area contributed by atoms with Gasteiger partial charge in [0.05, 0.1) is 32.3 Å². The number of nitrogens with one attached hydrogen (secondary N) is 1. The van der Waals surface area contributed by atoms with Gasteiger partial charge in [-0.1, -0.05) is 0 Å². The Hall–Kier alpha value is -3.20. The fourth-order valence-corrected chi connectivity index (χ4v) is 4.17. The zero-order chi connectivity index (χ0) is 16.8. The largest absolute Gasteiger partial charge is 0.494 e. The Bertz CT molecular complexity index is 1120. The number of aliphatic imine (C=N–C) groups is 1. The molecular weight excluding hydrogens is 344 g/mol. The molecule has 0 radical (unpaired) electrons. The molecule has 1 amide bonds. The Morgan fingerprint density at radius 3 is 2.25 bits per heavy atom. The lowest BCUT2D eigenvalue weighted by atomic mass is 10.1. The predicted molar refractivity (Wildman–Crippen MR) is 89.5 cm³/mol. The summed E-state index contributed by atoms with van der Waals surface area (Å²) in [6, 6.07) is 10.8. The number of hydrogen-bond donors (Lipinski definition) is 2. The molecule has 0 unspecified atom stereocenters. The number of aromatic hydroxyl groups is 1. The maximum atomic E-state index is 12.4. The second-order valence-corrected chi connectivity index (χ2v) is 7.08. The quantitative estimate of drug-likeness (QED) is 0.738. The molecule has 0 saturated carbocycles. The monoisotopic (exact) mass is 350 g/mol. The highest BCUT2D eigenvalue weighted by Crippen LogP contribution is 2.40. The van der Waals surface area contributed by atoms with Crippen LogP contribution in [0.4, 0.5) is 0 Å². The number of hydrogen-bond acceptors (Lipinski definition) is 6. The first-order chi connectivity index (χ1) is 11.6. The topological polar surface area (TPSA) is 113 Å². The number of H-pyrrole nitrogens is 1. The smallest absolute Gasteiger partial charge is 0.280 e. The second-order valence-electron chi connectivity index (χ2n) is 4.92. The van der Waals surface area contributed by atoms with Crippen molar-refractivity contribution in [1.82, 2.24) is 4.98 Å². The summed E-state index contributed by atoms with van der Waals surface area (Å²) in [5.74, 6) is -0.603. The van der Waals surface area contributed by atoms with E-state index in [4.69, 9.17) is 10.5 Å². The van der Waals surface area contributed by atoms with Gasteiger partial charge < -0.3 is 10.1 Å². The predicted octanol–water partition coefficient (Wildman–Crippen LogP) is 3.24. The number of amides is 1. The Balaban J connectivity index is 1.87. The molecule has 24 heavy (non-hydrogen) atoms. The van der Waals surface area contributed by atoms with Gasteiger partial charge in [0.25, 0.3) is 5.91 Å². The van der Waals surface area contributed by atoms with Gasteiger partial charge in [-0.3, -0.25) is 4.79 Å². The lowest BCUT2D eigenvalue weighted by Crippen LogP contribution is -1.96. The van der Waals surface area contributed by atoms with Gasteiger partial charge in [0, 0.05) is 0 Å². The molecule has 4 heterocycles. The van der Waals surface area contributed by atoms with Crippen LogP contribution in [0.15, 0.2) is 29.3 Å². The van der Waals surface area contributed by atoms with E-state index < -0.39 is 5.91 Å². The van der Waals surface area contributed by atoms with E-state index in [1.807, 2.05) is 12.1 Å². The van der Waals surface area contributed by atoms with Crippen molar-refractivity contribution < 1.29 is 9.90 Å². The van der Waals surface area contributed by atoms with Gasteiger partial charge in [-0.25, -0.2) is 4.99 Å². The molecule has 0 saturated heterocycles. The molecule has 0 atom stereocenters. The summed E-state index contributed by atoms with van der Waals surface area (Å²) in [5.41, 5.74) is 1.45. The van der Waals surface area contributed by atoms with Crippen LogP contribution in [-0.2, 0) is 0 Å². The molecule has 0 bridgehead atoms. The SMILES string of the molecule is N#Cc1ccc(C2=NC(=O)c3c(-c4ccc(C#N)s4)[nH]c(O)c32)s1. The fourth-order valence-electron chi connectivity index (χ4n) is 2.57. The third-order valence-electron chi connectivity index (χ3n) is 3.56. The summed E-state index contributed by atoms with van der Waals surface area (Å²) in [6.07, 6.45) is 0. The van der Waals surface area contributed by atoms with Crippen LogP contribution in [0.2, 0.25) is 0 Å². The van der Waals surface area contributed by atoms with E-state index in [9.17, 15) is 9.90 Å². The van der Waals surface area contributed by atoms with Crippen molar-refractivity contribution in [2.75, 3.05) is 0 Å². The number of carbonyl (C=O) groups excluding carboxylic acids is 1. The summed E-state index contributed by atoms with van der Waals surface area (Å²) in [6.45, 7) is 0. The van der Waals surface area contributed by atoms with E-state index in [1.54, 1.807) is 24.3 Å². The lowest BCUT2D eigenvalue weighted by Gasteiger charge is -1.96. The minimum atomic E-state index is -0.453. The molecule has 0 aliphatic carbocycles. The average Bonchev–Trinajstić information content (AvgIpc) is 3.32. The number of carbonyl (C=O) groups is 1. The van der Waals surface area contributed by atoms with Gasteiger partial charge in [0.15, 0.2) is 5.88 Å². The van der Waals surface area contributed by atoms with Gasteiger partial charge in [0.1, 0.15) is 21.9 Å². The zero-order valence-corrected chi connectivity index (χ0v) is 13.5. The summed E-state index contributed by atoms with van der Waals surface area (Å²) in [5, 5.41) is 28.2. The highest BCUT2D eigenvalue weighted by atomic mass is 32.1. The van der Waals surface area contributed by atoms with Crippen LogP contribution in [0, 0.1) is 22.7 Å². The maximum absolute atomic E-state index is 12.4. The first kappa shape index (κ1) is 14.4. The highest BCUT2D eigenvalue weighted by molar-refractivity contribution is 7.16. The molecule has 114 valence electrons. The lowest BCUT2D eigenvalue weighted by molar-refractivity contribution is 0.101. The summed E-state index contributed by atoms with van der Waals surface area (Å²) in [4.78, 5) is 21.6. The van der Waals surface area contributed by atoms with Gasteiger partial charge in [-0.2, -0.15) is 10.5 Å². The van der Waals surface area contributed by atoms with Crippen molar-refractivity contribution in [1.29, 1.82) is 10.5 Å². The molecule has 0 spiro atoms. The molecular formula is C16H6N4O2S2. The number of nitriles is 2. The molecule has 2 N–H and O–H groups in total. The Morgan fingerprint density at radius 2 is 1.62 bits per heavy atom. The molecule has 3 aromatic rings. The summed E-state index contributed by atoms with van der Waals surface area (Å²) < 4.78 is 0. The van der Waals surface area contributed by atoms with Crippen molar-refractivity contribution in [3.8, 4) is 28.6 Å².